The third kappa shape index (κ3) is 3.94. The third-order valence-corrected chi connectivity index (χ3v) is 7.76. The van der Waals surface area contributed by atoms with Gasteiger partial charge >= 0.3 is 0 Å². The first kappa shape index (κ1) is 20.0. The number of carbonyl (C=O) groups is 1. The second-order valence-corrected chi connectivity index (χ2v) is 9.88. The minimum absolute atomic E-state index is 0.0774. The molecule has 5 nitrogen and oxygen atoms in total. The van der Waals surface area contributed by atoms with E-state index >= 15 is 0 Å². The molecule has 1 saturated heterocycles. The lowest BCUT2D eigenvalue weighted by molar-refractivity contribution is -0.123. The Morgan fingerprint density at radius 1 is 1.07 bits per heavy atom. The molecule has 0 radical (unpaired) electrons. The zero-order valence-corrected chi connectivity index (χ0v) is 17.2. The molecule has 2 heterocycles. The maximum Gasteiger partial charge on any atom is 0.230 e. The van der Waals surface area contributed by atoms with Crippen molar-refractivity contribution >= 4 is 21.6 Å². The molecule has 4 rings (SSSR count). The summed E-state index contributed by atoms with van der Waals surface area (Å²) in [6.45, 7) is 2.63. The predicted molar refractivity (Wildman–Crippen MR) is 110 cm³/mol. The fraction of sp³-hybridized carbons (Fsp3) is 0.409. The van der Waals surface area contributed by atoms with Gasteiger partial charge in [0, 0.05) is 36.3 Å². The molecule has 1 amide bonds. The lowest BCUT2D eigenvalue weighted by Crippen LogP contribution is -2.46. The monoisotopic (exact) mass is 416 g/mol. The Balaban J connectivity index is 1.42. The number of hydrogen-bond donors (Lipinski definition) is 0. The Bertz CT molecular complexity index is 1020. The van der Waals surface area contributed by atoms with Gasteiger partial charge in [0.05, 0.1) is 5.75 Å². The summed E-state index contributed by atoms with van der Waals surface area (Å²) >= 11 is 0. The van der Waals surface area contributed by atoms with E-state index in [1.165, 1.54) is 22.0 Å². The Labute approximate surface area is 171 Å². The predicted octanol–water partition coefficient (Wildman–Crippen LogP) is 3.35. The van der Waals surface area contributed by atoms with Crippen molar-refractivity contribution < 1.29 is 17.6 Å². The quantitative estimate of drug-likeness (QED) is 0.768. The van der Waals surface area contributed by atoms with Crippen LogP contribution in [0, 0.1) is 11.7 Å². The van der Waals surface area contributed by atoms with Crippen LogP contribution in [0.2, 0.25) is 0 Å². The van der Waals surface area contributed by atoms with Crippen LogP contribution in [0.15, 0.2) is 48.5 Å². The molecule has 0 aliphatic carbocycles. The van der Waals surface area contributed by atoms with Crippen molar-refractivity contribution in [3.05, 3.63) is 65.5 Å². The number of piperidine rings is 1. The molecule has 2 aromatic rings. The Kier molecular flexibility index (Phi) is 5.44. The van der Waals surface area contributed by atoms with Crippen molar-refractivity contribution in [2.75, 3.05) is 18.0 Å². The first-order valence-electron chi connectivity index (χ1n) is 9.99. The molecule has 1 fully saturated rings. The fourth-order valence-electron chi connectivity index (χ4n) is 4.38. The average molecular weight is 417 g/mol. The van der Waals surface area contributed by atoms with E-state index in [0.29, 0.717) is 12.8 Å². The van der Waals surface area contributed by atoms with Gasteiger partial charge in [0.15, 0.2) is 0 Å². The summed E-state index contributed by atoms with van der Waals surface area (Å²) in [6.07, 6.45) is 1.82. The number of sulfonamides is 1. The molecule has 7 heteroatoms. The number of rotatable bonds is 4. The van der Waals surface area contributed by atoms with Crippen LogP contribution in [0.4, 0.5) is 10.1 Å². The summed E-state index contributed by atoms with van der Waals surface area (Å²) in [7, 11) is -3.62. The first-order valence-corrected chi connectivity index (χ1v) is 11.6. The van der Waals surface area contributed by atoms with E-state index in [9.17, 15) is 17.6 Å². The van der Waals surface area contributed by atoms with Crippen LogP contribution < -0.4 is 4.90 Å². The average Bonchev–Trinajstić information content (AvgIpc) is 3.05. The summed E-state index contributed by atoms with van der Waals surface area (Å²) in [4.78, 5) is 15.1. The number of benzene rings is 2. The third-order valence-electron chi connectivity index (χ3n) is 5.94. The minimum atomic E-state index is -3.62. The van der Waals surface area contributed by atoms with Crippen molar-refractivity contribution in [1.29, 1.82) is 0 Å². The molecule has 29 heavy (non-hydrogen) atoms. The zero-order chi connectivity index (χ0) is 20.6. The van der Waals surface area contributed by atoms with E-state index in [1.54, 1.807) is 12.1 Å². The maximum atomic E-state index is 13.9. The molecule has 0 bridgehead atoms. The van der Waals surface area contributed by atoms with Crippen LogP contribution in [0.25, 0.3) is 0 Å². The van der Waals surface area contributed by atoms with Gasteiger partial charge in [-0.2, -0.15) is 0 Å². The molecule has 0 aromatic heterocycles. The number of hydrogen-bond acceptors (Lipinski definition) is 3. The summed E-state index contributed by atoms with van der Waals surface area (Å²) in [5, 5.41) is 0. The maximum absolute atomic E-state index is 13.9. The molecule has 154 valence electrons. The van der Waals surface area contributed by atoms with Gasteiger partial charge in [-0.25, -0.2) is 17.1 Å². The lowest BCUT2D eigenvalue weighted by Gasteiger charge is -2.34. The van der Waals surface area contributed by atoms with E-state index in [0.717, 1.165) is 12.1 Å². The summed E-state index contributed by atoms with van der Waals surface area (Å²) in [5.41, 5.74) is 2.33. The number of carbonyl (C=O) groups excluding carboxylic acids is 1. The number of halogens is 1. The molecule has 2 aromatic carbocycles. The van der Waals surface area contributed by atoms with Gasteiger partial charge in [-0.1, -0.05) is 36.4 Å². The molecule has 0 saturated carbocycles. The van der Waals surface area contributed by atoms with Gasteiger partial charge in [0.2, 0.25) is 15.9 Å². The van der Waals surface area contributed by atoms with Gasteiger partial charge in [0.25, 0.3) is 0 Å². The molecule has 1 atom stereocenters. The number of anilines is 1. The van der Waals surface area contributed by atoms with Crippen molar-refractivity contribution in [2.45, 2.75) is 38.0 Å². The number of para-hydroxylation sites is 1. The van der Waals surface area contributed by atoms with E-state index in [1.807, 2.05) is 30.0 Å². The standard InChI is InChI=1S/C22H25FN2O3S/c1-16-14-18-6-3-5-9-21(18)25(16)22(26)17-10-12-24(13-11-17)29(27,28)15-19-7-2-4-8-20(19)23/h2-9,16-17H,10-15H2,1H3/t16-/m0/s1. The highest BCUT2D eigenvalue weighted by molar-refractivity contribution is 7.88. The fourth-order valence-corrected chi connectivity index (χ4v) is 5.96. The Hall–Kier alpha value is -2.25. The van der Waals surface area contributed by atoms with Crippen LogP contribution >= 0.6 is 0 Å². The van der Waals surface area contributed by atoms with Gasteiger partial charge < -0.3 is 4.90 Å². The van der Waals surface area contributed by atoms with Crippen molar-refractivity contribution in [3.8, 4) is 0 Å². The summed E-state index contributed by atoms with van der Waals surface area (Å²) in [5.74, 6) is -0.977. The second kappa shape index (κ2) is 7.88. The van der Waals surface area contributed by atoms with E-state index < -0.39 is 15.8 Å². The normalized spacial score (nSPS) is 20.6. The topological polar surface area (TPSA) is 57.7 Å². The van der Waals surface area contributed by atoms with Gasteiger partial charge in [-0.05, 0) is 43.9 Å². The van der Waals surface area contributed by atoms with Gasteiger partial charge in [-0.3, -0.25) is 4.79 Å². The largest absolute Gasteiger partial charge is 0.309 e. The van der Waals surface area contributed by atoms with E-state index in [-0.39, 0.29) is 42.3 Å². The Morgan fingerprint density at radius 2 is 1.72 bits per heavy atom. The van der Waals surface area contributed by atoms with E-state index in [4.69, 9.17) is 0 Å². The molecule has 2 aliphatic heterocycles. The zero-order valence-electron chi connectivity index (χ0n) is 16.4. The SMILES string of the molecule is C[C@H]1Cc2ccccc2N1C(=O)C1CCN(S(=O)(=O)Cc2ccccc2F)CC1. The van der Waals surface area contributed by atoms with E-state index in [2.05, 4.69) is 6.07 Å². The van der Waals surface area contributed by atoms with Gasteiger partial charge in [0.1, 0.15) is 5.82 Å². The molecular formula is C22H25FN2O3S. The molecular weight excluding hydrogens is 391 g/mol. The highest BCUT2D eigenvalue weighted by atomic mass is 32.2. The van der Waals surface area contributed by atoms with Crippen LogP contribution in [-0.4, -0.2) is 37.8 Å². The Morgan fingerprint density at radius 3 is 2.45 bits per heavy atom. The molecule has 0 spiro atoms. The number of nitrogens with zero attached hydrogens (tertiary/aromatic N) is 2. The molecule has 0 N–H and O–H groups in total. The van der Waals surface area contributed by atoms with Crippen LogP contribution in [0.1, 0.15) is 30.9 Å². The van der Waals surface area contributed by atoms with Crippen molar-refractivity contribution in [2.24, 2.45) is 5.92 Å². The highest BCUT2D eigenvalue weighted by Crippen LogP contribution is 2.35. The van der Waals surface area contributed by atoms with Gasteiger partial charge in [-0.15, -0.1) is 0 Å². The summed E-state index contributed by atoms with van der Waals surface area (Å²) < 4.78 is 40.7. The lowest BCUT2D eigenvalue weighted by atomic mass is 9.96. The first-order chi connectivity index (χ1) is 13.9. The van der Waals surface area contributed by atoms with Crippen molar-refractivity contribution in [3.63, 3.8) is 0 Å². The van der Waals surface area contributed by atoms with Crippen molar-refractivity contribution in [1.82, 2.24) is 4.31 Å². The second-order valence-electron chi connectivity index (χ2n) is 7.91. The summed E-state index contributed by atoms with van der Waals surface area (Å²) in [6, 6.07) is 14.0. The smallest absolute Gasteiger partial charge is 0.230 e. The molecule has 0 unspecified atom stereocenters. The number of amides is 1. The van der Waals surface area contributed by atoms with Crippen LogP contribution in [0.3, 0.4) is 0 Å². The van der Waals surface area contributed by atoms with Crippen LogP contribution in [0.5, 0.6) is 0 Å². The minimum Gasteiger partial charge on any atom is -0.309 e. The highest BCUT2D eigenvalue weighted by Gasteiger charge is 2.37. The molecule has 2 aliphatic rings. The van der Waals surface area contributed by atoms with Crippen LogP contribution in [-0.2, 0) is 27.0 Å². The number of fused-ring (bicyclic) bond motifs is 1.